The van der Waals surface area contributed by atoms with E-state index in [0.717, 1.165) is 11.8 Å². The zero-order valence-electron chi connectivity index (χ0n) is 7.72. The van der Waals surface area contributed by atoms with Crippen LogP contribution in [0.4, 0.5) is 0 Å². The first-order chi connectivity index (χ1) is 5.85. The van der Waals surface area contributed by atoms with Gasteiger partial charge in [0.2, 0.25) is 0 Å². The minimum Gasteiger partial charge on any atom is -0.329 e. The Balaban J connectivity index is 1.83. The number of hydrogen-bond acceptors (Lipinski definition) is 2. The van der Waals surface area contributed by atoms with Crippen LogP contribution in [0.5, 0.6) is 0 Å². The van der Waals surface area contributed by atoms with E-state index in [1.807, 2.05) is 0 Å². The summed E-state index contributed by atoms with van der Waals surface area (Å²) in [6.07, 6.45) is 9.99. The van der Waals surface area contributed by atoms with Gasteiger partial charge in [-0.1, -0.05) is 19.3 Å². The van der Waals surface area contributed by atoms with Crippen molar-refractivity contribution in [2.45, 2.75) is 54.9 Å². The monoisotopic (exact) mass is 185 g/mol. The molecular formula is C10H19NS. The molecule has 0 saturated heterocycles. The molecule has 0 bridgehead atoms. The Bertz CT molecular complexity index is 142. The molecule has 0 unspecified atom stereocenters. The SMILES string of the molecule is NCC1(SC2CCCC2)CCC1. The van der Waals surface area contributed by atoms with Crippen molar-refractivity contribution in [2.75, 3.05) is 6.54 Å². The topological polar surface area (TPSA) is 26.0 Å². The minimum absolute atomic E-state index is 0.523. The van der Waals surface area contributed by atoms with Crippen molar-refractivity contribution in [1.82, 2.24) is 0 Å². The van der Waals surface area contributed by atoms with Gasteiger partial charge < -0.3 is 5.73 Å². The quantitative estimate of drug-likeness (QED) is 0.731. The summed E-state index contributed by atoms with van der Waals surface area (Å²) >= 11 is 2.22. The van der Waals surface area contributed by atoms with E-state index in [2.05, 4.69) is 11.8 Å². The van der Waals surface area contributed by atoms with E-state index in [1.165, 1.54) is 44.9 Å². The molecular weight excluding hydrogens is 166 g/mol. The van der Waals surface area contributed by atoms with Crippen LogP contribution in [0.1, 0.15) is 44.9 Å². The first-order valence-corrected chi connectivity index (χ1v) is 6.10. The summed E-state index contributed by atoms with van der Waals surface area (Å²) in [5, 5.41) is 0.953. The lowest BCUT2D eigenvalue weighted by Crippen LogP contribution is -2.42. The van der Waals surface area contributed by atoms with Crippen LogP contribution in [-0.4, -0.2) is 16.5 Å². The Morgan fingerprint density at radius 2 is 1.83 bits per heavy atom. The van der Waals surface area contributed by atoms with Gasteiger partial charge in [-0.2, -0.15) is 11.8 Å². The Labute approximate surface area is 79.5 Å². The van der Waals surface area contributed by atoms with Gasteiger partial charge in [0.15, 0.2) is 0 Å². The predicted molar refractivity (Wildman–Crippen MR) is 55.5 cm³/mol. The average Bonchev–Trinajstić information content (AvgIpc) is 2.49. The molecule has 2 aliphatic carbocycles. The van der Waals surface area contributed by atoms with Crippen molar-refractivity contribution < 1.29 is 0 Å². The molecule has 12 heavy (non-hydrogen) atoms. The van der Waals surface area contributed by atoms with Crippen LogP contribution in [0.15, 0.2) is 0 Å². The van der Waals surface area contributed by atoms with Crippen molar-refractivity contribution >= 4 is 11.8 Å². The van der Waals surface area contributed by atoms with E-state index in [1.54, 1.807) is 0 Å². The summed E-state index contributed by atoms with van der Waals surface area (Å²) in [6, 6.07) is 0. The highest BCUT2D eigenvalue weighted by molar-refractivity contribution is 8.01. The van der Waals surface area contributed by atoms with E-state index in [0.29, 0.717) is 4.75 Å². The molecule has 0 aromatic heterocycles. The van der Waals surface area contributed by atoms with Crippen molar-refractivity contribution in [1.29, 1.82) is 0 Å². The molecule has 2 heteroatoms. The Hall–Kier alpha value is 0.310. The Kier molecular flexibility index (Phi) is 2.66. The maximum atomic E-state index is 5.83. The van der Waals surface area contributed by atoms with E-state index < -0.39 is 0 Å². The molecule has 0 spiro atoms. The average molecular weight is 185 g/mol. The van der Waals surface area contributed by atoms with Gasteiger partial charge in [0.05, 0.1) is 0 Å². The third-order valence-corrected chi connectivity index (χ3v) is 5.24. The molecule has 2 saturated carbocycles. The molecule has 1 nitrogen and oxygen atoms in total. The van der Waals surface area contributed by atoms with Gasteiger partial charge in [0, 0.05) is 16.5 Å². The first-order valence-electron chi connectivity index (χ1n) is 5.23. The summed E-state index contributed by atoms with van der Waals surface area (Å²) in [7, 11) is 0. The first kappa shape index (κ1) is 8.89. The molecule has 2 aliphatic rings. The van der Waals surface area contributed by atoms with Gasteiger partial charge in [-0.25, -0.2) is 0 Å². The number of hydrogen-bond donors (Lipinski definition) is 1. The second kappa shape index (κ2) is 3.59. The number of thioether (sulfide) groups is 1. The molecule has 2 fully saturated rings. The zero-order chi connectivity index (χ0) is 8.44. The molecule has 2 N–H and O–H groups in total. The van der Waals surface area contributed by atoms with Gasteiger partial charge in [0.25, 0.3) is 0 Å². The lowest BCUT2D eigenvalue weighted by molar-refractivity contribution is 0.369. The van der Waals surface area contributed by atoms with E-state index in [4.69, 9.17) is 5.73 Å². The summed E-state index contributed by atoms with van der Waals surface area (Å²) in [4.78, 5) is 0. The van der Waals surface area contributed by atoms with E-state index >= 15 is 0 Å². The van der Waals surface area contributed by atoms with Crippen LogP contribution in [0.25, 0.3) is 0 Å². The van der Waals surface area contributed by atoms with Crippen LogP contribution in [-0.2, 0) is 0 Å². The highest BCUT2D eigenvalue weighted by Crippen LogP contribution is 2.48. The smallest absolute Gasteiger partial charge is 0.0285 e. The second-order valence-electron chi connectivity index (χ2n) is 4.27. The third kappa shape index (κ3) is 1.64. The summed E-state index contributed by atoms with van der Waals surface area (Å²) in [5.74, 6) is 0. The molecule has 0 radical (unpaired) electrons. The normalized spacial score (nSPS) is 28.8. The summed E-state index contributed by atoms with van der Waals surface area (Å²) < 4.78 is 0.523. The fourth-order valence-electron chi connectivity index (χ4n) is 2.30. The van der Waals surface area contributed by atoms with Gasteiger partial charge in [-0.05, 0) is 25.7 Å². The van der Waals surface area contributed by atoms with Gasteiger partial charge in [-0.15, -0.1) is 0 Å². The molecule has 2 rings (SSSR count). The molecule has 0 aliphatic heterocycles. The van der Waals surface area contributed by atoms with Crippen molar-refractivity contribution in [3.63, 3.8) is 0 Å². The van der Waals surface area contributed by atoms with Crippen molar-refractivity contribution in [3.05, 3.63) is 0 Å². The van der Waals surface area contributed by atoms with Gasteiger partial charge >= 0.3 is 0 Å². The zero-order valence-corrected chi connectivity index (χ0v) is 8.54. The minimum atomic E-state index is 0.523. The van der Waals surface area contributed by atoms with E-state index in [-0.39, 0.29) is 0 Å². The van der Waals surface area contributed by atoms with Crippen LogP contribution in [0.2, 0.25) is 0 Å². The maximum absolute atomic E-state index is 5.83. The van der Waals surface area contributed by atoms with Gasteiger partial charge in [0.1, 0.15) is 0 Å². The van der Waals surface area contributed by atoms with Gasteiger partial charge in [-0.3, -0.25) is 0 Å². The largest absolute Gasteiger partial charge is 0.329 e. The number of rotatable bonds is 3. The molecule has 0 amide bonds. The highest BCUT2D eigenvalue weighted by atomic mass is 32.2. The Morgan fingerprint density at radius 1 is 1.17 bits per heavy atom. The highest BCUT2D eigenvalue weighted by Gasteiger charge is 2.38. The predicted octanol–water partition coefficient (Wildman–Crippen LogP) is 2.54. The maximum Gasteiger partial charge on any atom is 0.0285 e. The fraction of sp³-hybridized carbons (Fsp3) is 1.00. The summed E-state index contributed by atoms with van der Waals surface area (Å²) in [6.45, 7) is 0.911. The van der Waals surface area contributed by atoms with Crippen LogP contribution < -0.4 is 5.73 Å². The number of nitrogens with two attached hydrogens (primary N) is 1. The molecule has 0 aromatic rings. The van der Waals surface area contributed by atoms with Crippen molar-refractivity contribution in [2.24, 2.45) is 5.73 Å². The van der Waals surface area contributed by atoms with E-state index in [9.17, 15) is 0 Å². The standard InChI is InChI=1S/C10H19NS/c11-8-10(6-3-7-10)12-9-4-1-2-5-9/h9H,1-8,11H2. The Morgan fingerprint density at radius 3 is 2.25 bits per heavy atom. The third-order valence-electron chi connectivity index (χ3n) is 3.36. The molecule has 0 aromatic carbocycles. The molecule has 0 heterocycles. The lowest BCUT2D eigenvalue weighted by atomic mass is 9.84. The van der Waals surface area contributed by atoms with Crippen molar-refractivity contribution in [3.8, 4) is 0 Å². The second-order valence-corrected chi connectivity index (χ2v) is 6.03. The summed E-state index contributed by atoms with van der Waals surface area (Å²) in [5.41, 5.74) is 5.83. The van der Waals surface area contributed by atoms with Crippen LogP contribution in [0.3, 0.4) is 0 Å². The molecule has 0 atom stereocenters. The van der Waals surface area contributed by atoms with Crippen LogP contribution >= 0.6 is 11.8 Å². The fourth-order valence-corrected chi connectivity index (χ4v) is 4.20. The molecule has 70 valence electrons. The lowest BCUT2D eigenvalue weighted by Gasteiger charge is -2.42. The van der Waals surface area contributed by atoms with Crippen LogP contribution in [0, 0.1) is 0 Å².